The molecule has 0 aliphatic heterocycles. The summed E-state index contributed by atoms with van der Waals surface area (Å²) in [6, 6.07) is 11.3. The minimum absolute atomic E-state index is 0.372. The number of nitrogens with one attached hydrogen (secondary N) is 2. The molecular formula is C20H15F3N4O. The van der Waals surface area contributed by atoms with Crippen LogP contribution in [0.3, 0.4) is 0 Å². The molecule has 1 aromatic heterocycles. The quantitative estimate of drug-likeness (QED) is 0.606. The number of hydrogen-bond donors (Lipinski definition) is 2. The van der Waals surface area contributed by atoms with E-state index < -0.39 is 11.7 Å². The monoisotopic (exact) mass is 384 g/mol. The van der Waals surface area contributed by atoms with Gasteiger partial charge in [-0.15, -0.1) is 0 Å². The lowest BCUT2D eigenvalue weighted by Crippen LogP contribution is -2.08. The third-order valence-electron chi connectivity index (χ3n) is 3.77. The van der Waals surface area contributed by atoms with E-state index in [-0.39, 0.29) is 5.91 Å². The van der Waals surface area contributed by atoms with Crippen LogP contribution in [0, 0.1) is 0 Å². The highest BCUT2D eigenvalue weighted by atomic mass is 19.4. The molecule has 0 aliphatic carbocycles. The van der Waals surface area contributed by atoms with Crippen molar-refractivity contribution in [2.24, 2.45) is 0 Å². The van der Waals surface area contributed by atoms with Crippen LogP contribution in [-0.4, -0.2) is 15.9 Å². The number of rotatable bonds is 5. The number of carbonyl (C=O) groups is 1. The maximum atomic E-state index is 12.7. The fourth-order valence-electron chi connectivity index (χ4n) is 2.45. The van der Waals surface area contributed by atoms with E-state index in [9.17, 15) is 18.0 Å². The first-order valence-electron chi connectivity index (χ1n) is 8.16. The van der Waals surface area contributed by atoms with Gasteiger partial charge in [0.15, 0.2) is 5.82 Å². The van der Waals surface area contributed by atoms with Crippen molar-refractivity contribution in [3.8, 4) is 11.4 Å². The Morgan fingerprint density at radius 1 is 1.00 bits per heavy atom. The average Bonchev–Trinajstić information content (AvgIpc) is 2.69. The lowest BCUT2D eigenvalue weighted by molar-refractivity contribution is -0.137. The highest BCUT2D eigenvalue weighted by molar-refractivity contribution is 5.99. The van der Waals surface area contributed by atoms with Crippen molar-refractivity contribution in [3.05, 3.63) is 79.1 Å². The Bertz CT molecular complexity index is 987. The molecule has 0 saturated heterocycles. The van der Waals surface area contributed by atoms with Crippen LogP contribution >= 0.6 is 0 Å². The Labute approximate surface area is 159 Å². The van der Waals surface area contributed by atoms with Gasteiger partial charge in [-0.05, 0) is 54.6 Å². The summed E-state index contributed by atoms with van der Waals surface area (Å²) in [4.78, 5) is 20.0. The largest absolute Gasteiger partial charge is 0.416 e. The van der Waals surface area contributed by atoms with Gasteiger partial charge in [-0.1, -0.05) is 6.58 Å². The summed E-state index contributed by atoms with van der Waals surface area (Å²) in [5.41, 5.74) is 1.38. The first-order chi connectivity index (χ1) is 13.4. The topological polar surface area (TPSA) is 66.9 Å². The molecule has 0 aliphatic rings. The van der Waals surface area contributed by atoms with Crippen molar-refractivity contribution in [2.45, 2.75) is 6.18 Å². The van der Waals surface area contributed by atoms with Crippen molar-refractivity contribution in [1.29, 1.82) is 0 Å². The Morgan fingerprint density at radius 2 is 1.64 bits per heavy atom. The average molecular weight is 384 g/mol. The number of halogens is 3. The van der Waals surface area contributed by atoms with E-state index in [0.29, 0.717) is 28.5 Å². The number of amides is 1. The van der Waals surface area contributed by atoms with E-state index in [1.165, 1.54) is 12.1 Å². The van der Waals surface area contributed by atoms with Crippen LogP contribution < -0.4 is 10.6 Å². The van der Waals surface area contributed by atoms with Crippen molar-refractivity contribution in [3.63, 3.8) is 0 Å². The normalized spacial score (nSPS) is 11.0. The molecule has 28 heavy (non-hydrogen) atoms. The zero-order valence-electron chi connectivity index (χ0n) is 14.5. The molecule has 0 saturated carbocycles. The van der Waals surface area contributed by atoms with Crippen LogP contribution in [0.5, 0.6) is 0 Å². The summed E-state index contributed by atoms with van der Waals surface area (Å²) in [5.74, 6) is 0.0231. The number of carbonyl (C=O) groups excluding carboxylic acids is 1. The van der Waals surface area contributed by atoms with E-state index in [0.717, 1.165) is 18.2 Å². The minimum atomic E-state index is -4.40. The second-order valence-corrected chi connectivity index (χ2v) is 5.73. The number of hydrogen-bond acceptors (Lipinski definition) is 4. The van der Waals surface area contributed by atoms with Gasteiger partial charge in [0.05, 0.1) is 5.56 Å². The highest BCUT2D eigenvalue weighted by Crippen LogP contribution is 2.33. The van der Waals surface area contributed by atoms with Crippen molar-refractivity contribution in [1.82, 2.24) is 9.97 Å². The van der Waals surface area contributed by atoms with Crippen molar-refractivity contribution in [2.75, 3.05) is 10.6 Å². The summed E-state index contributed by atoms with van der Waals surface area (Å²) in [5, 5.41) is 5.72. The van der Waals surface area contributed by atoms with Crippen molar-refractivity contribution >= 4 is 23.0 Å². The van der Waals surface area contributed by atoms with Gasteiger partial charge < -0.3 is 10.6 Å². The van der Waals surface area contributed by atoms with Gasteiger partial charge in [-0.3, -0.25) is 4.79 Å². The summed E-state index contributed by atoms with van der Waals surface area (Å²) in [7, 11) is 0. The number of anilines is 3. The van der Waals surface area contributed by atoms with Crippen LogP contribution in [0.4, 0.5) is 30.2 Å². The number of aromatic nitrogens is 2. The maximum Gasteiger partial charge on any atom is 0.416 e. The summed E-state index contributed by atoms with van der Waals surface area (Å²) in [6.07, 6.45) is -0.113. The van der Waals surface area contributed by atoms with Crippen LogP contribution in [0.25, 0.3) is 11.4 Å². The molecule has 3 rings (SSSR count). The molecule has 2 aromatic carbocycles. The van der Waals surface area contributed by atoms with Crippen molar-refractivity contribution < 1.29 is 18.0 Å². The van der Waals surface area contributed by atoms with Gasteiger partial charge in [0.1, 0.15) is 0 Å². The van der Waals surface area contributed by atoms with Crippen LogP contribution in [0.2, 0.25) is 0 Å². The zero-order chi connectivity index (χ0) is 20.1. The Balaban J connectivity index is 1.95. The van der Waals surface area contributed by atoms with Gasteiger partial charge in [0.25, 0.3) is 0 Å². The fourth-order valence-corrected chi connectivity index (χ4v) is 2.45. The minimum Gasteiger partial charge on any atom is -0.355 e. The zero-order valence-corrected chi connectivity index (χ0v) is 14.5. The van der Waals surface area contributed by atoms with Gasteiger partial charge in [-0.2, -0.15) is 13.2 Å². The Hall–Kier alpha value is -3.68. The van der Waals surface area contributed by atoms with E-state index >= 15 is 0 Å². The molecule has 3 aromatic rings. The molecule has 5 nitrogen and oxygen atoms in total. The smallest absolute Gasteiger partial charge is 0.355 e. The summed E-state index contributed by atoms with van der Waals surface area (Å²) < 4.78 is 38.2. The van der Waals surface area contributed by atoms with Gasteiger partial charge in [-0.25, -0.2) is 9.97 Å². The molecule has 0 bridgehead atoms. The van der Waals surface area contributed by atoms with Gasteiger partial charge >= 0.3 is 6.18 Å². The highest BCUT2D eigenvalue weighted by Gasteiger charge is 2.29. The Kier molecular flexibility index (Phi) is 5.39. The van der Waals surface area contributed by atoms with Crippen LogP contribution in [0.15, 0.2) is 73.6 Å². The van der Waals surface area contributed by atoms with Crippen LogP contribution in [0.1, 0.15) is 5.56 Å². The molecular weight excluding hydrogens is 369 g/mol. The summed E-state index contributed by atoms with van der Waals surface area (Å²) in [6.45, 7) is 3.41. The third kappa shape index (κ3) is 4.53. The summed E-state index contributed by atoms with van der Waals surface area (Å²) >= 11 is 0. The van der Waals surface area contributed by atoms with Gasteiger partial charge in [0, 0.05) is 35.0 Å². The molecule has 0 spiro atoms. The molecule has 0 atom stereocenters. The predicted molar refractivity (Wildman–Crippen MR) is 101 cm³/mol. The lowest BCUT2D eigenvalue weighted by Gasteiger charge is -2.14. The molecule has 8 heteroatoms. The van der Waals surface area contributed by atoms with E-state index in [1.807, 2.05) is 0 Å². The Morgan fingerprint density at radius 3 is 2.25 bits per heavy atom. The van der Waals surface area contributed by atoms with Gasteiger partial charge in [0.2, 0.25) is 5.91 Å². The predicted octanol–water partition coefficient (Wildman–Crippen LogP) is 5.03. The second kappa shape index (κ2) is 7.91. The lowest BCUT2D eigenvalue weighted by atomic mass is 10.1. The number of alkyl halides is 3. The molecule has 0 radical (unpaired) electrons. The molecule has 0 fully saturated rings. The fraction of sp³-hybridized carbons (Fsp3) is 0.0500. The number of benzene rings is 2. The number of nitrogens with zero attached hydrogens (tertiary/aromatic N) is 2. The molecule has 2 N–H and O–H groups in total. The second-order valence-electron chi connectivity index (χ2n) is 5.73. The SMILES string of the molecule is C=CC(=O)Nc1ccc(Nc2ccc(C(F)(F)F)cc2)c(-c2ncccn2)c1. The first-order valence-corrected chi connectivity index (χ1v) is 8.16. The van der Waals surface area contributed by atoms with Crippen LogP contribution in [-0.2, 0) is 11.0 Å². The molecule has 1 amide bonds. The maximum absolute atomic E-state index is 12.7. The first kappa shape index (κ1) is 19.1. The molecule has 142 valence electrons. The molecule has 0 unspecified atom stereocenters. The molecule has 1 heterocycles. The van der Waals surface area contributed by atoms with E-state index in [4.69, 9.17) is 0 Å². The van der Waals surface area contributed by atoms with E-state index in [2.05, 4.69) is 27.2 Å². The third-order valence-corrected chi connectivity index (χ3v) is 3.77. The van der Waals surface area contributed by atoms with E-state index in [1.54, 1.807) is 36.7 Å². The standard InChI is InChI=1S/C20H15F3N4O/c1-2-18(28)27-15-8-9-17(16(12-15)19-24-10-3-11-25-19)26-14-6-4-13(5-7-14)20(21,22)23/h2-12,26H,1H2,(H,27,28).